The summed E-state index contributed by atoms with van der Waals surface area (Å²) in [5, 5.41) is 4.76. The van der Waals surface area contributed by atoms with Crippen LogP contribution in [0.5, 0.6) is 0 Å². The molecule has 1 aromatic heterocycles. The van der Waals surface area contributed by atoms with Crippen LogP contribution in [-0.2, 0) is 9.53 Å². The molecule has 0 aliphatic heterocycles. The number of hydrogen-bond acceptors (Lipinski definition) is 3. The van der Waals surface area contributed by atoms with E-state index in [-0.39, 0.29) is 5.97 Å². The first-order valence-electron chi connectivity index (χ1n) is 4.28. The third-order valence-corrected chi connectivity index (χ3v) is 2.69. The average molecular weight is 217 g/mol. The fourth-order valence-corrected chi connectivity index (χ4v) is 1.41. The smallest absolute Gasteiger partial charge is 0.330 e. The molecule has 1 rings (SSSR count). The molecule has 0 aromatic carbocycles. The Bertz CT molecular complexity index is 360. The molecule has 4 nitrogen and oxygen atoms in total. The molecule has 0 spiro atoms. The van der Waals surface area contributed by atoms with Crippen molar-refractivity contribution in [2.75, 3.05) is 7.11 Å². The number of carbonyl (C=O) groups is 1. The number of esters is 1. The van der Waals surface area contributed by atoms with E-state index in [2.05, 4.69) is 9.84 Å². The van der Waals surface area contributed by atoms with Crippen LogP contribution in [-0.4, -0.2) is 22.9 Å². The van der Waals surface area contributed by atoms with Crippen LogP contribution in [0.2, 0.25) is 5.02 Å². The minimum atomic E-state index is -0.439. The van der Waals surface area contributed by atoms with E-state index >= 15 is 0 Å². The van der Waals surface area contributed by atoms with Crippen molar-refractivity contribution in [3.05, 3.63) is 16.4 Å². The van der Waals surface area contributed by atoms with E-state index in [4.69, 9.17) is 11.6 Å². The van der Waals surface area contributed by atoms with E-state index in [1.165, 1.54) is 7.11 Å². The number of methoxy groups -OCH3 is 1. The van der Waals surface area contributed by atoms with E-state index < -0.39 is 6.04 Å². The molecule has 0 radical (unpaired) electrons. The number of rotatable bonds is 2. The highest BCUT2D eigenvalue weighted by molar-refractivity contribution is 6.31. The lowest BCUT2D eigenvalue weighted by Gasteiger charge is -2.11. The van der Waals surface area contributed by atoms with Crippen LogP contribution >= 0.6 is 11.6 Å². The molecule has 0 saturated carbocycles. The predicted molar refractivity (Wildman–Crippen MR) is 53.4 cm³/mol. The summed E-state index contributed by atoms with van der Waals surface area (Å²) in [7, 11) is 1.35. The van der Waals surface area contributed by atoms with Crippen molar-refractivity contribution in [3.8, 4) is 0 Å². The van der Waals surface area contributed by atoms with Crippen molar-refractivity contribution in [1.82, 2.24) is 9.78 Å². The zero-order valence-electron chi connectivity index (χ0n) is 8.67. The maximum Gasteiger partial charge on any atom is 0.330 e. The maximum atomic E-state index is 11.3. The van der Waals surface area contributed by atoms with Gasteiger partial charge in [0.1, 0.15) is 6.04 Å². The van der Waals surface area contributed by atoms with Gasteiger partial charge in [-0.3, -0.25) is 4.68 Å². The van der Waals surface area contributed by atoms with Crippen molar-refractivity contribution < 1.29 is 9.53 Å². The quantitative estimate of drug-likeness (QED) is 0.710. The molecule has 0 N–H and O–H groups in total. The molecular weight excluding hydrogens is 204 g/mol. The van der Waals surface area contributed by atoms with Gasteiger partial charge in [-0.15, -0.1) is 0 Å². The van der Waals surface area contributed by atoms with Gasteiger partial charge in [0.25, 0.3) is 0 Å². The standard InChI is InChI=1S/C9H13ClN2O2/c1-5-8(10)6(2)12(11-5)7(3)9(13)14-4/h7H,1-4H3/t7-/m0/s1. The largest absolute Gasteiger partial charge is 0.467 e. The summed E-state index contributed by atoms with van der Waals surface area (Å²) in [5.41, 5.74) is 1.50. The number of nitrogens with zero attached hydrogens (tertiary/aromatic N) is 2. The normalized spacial score (nSPS) is 12.6. The van der Waals surface area contributed by atoms with Crippen molar-refractivity contribution in [2.24, 2.45) is 0 Å². The van der Waals surface area contributed by atoms with Crippen LogP contribution in [0.4, 0.5) is 0 Å². The fraction of sp³-hybridized carbons (Fsp3) is 0.556. The second-order valence-corrected chi connectivity index (χ2v) is 3.51. The number of aryl methyl sites for hydroxylation is 1. The Balaban J connectivity index is 3.07. The topological polar surface area (TPSA) is 44.1 Å². The fourth-order valence-electron chi connectivity index (χ4n) is 1.29. The molecule has 0 amide bonds. The number of hydrogen-bond donors (Lipinski definition) is 0. The minimum Gasteiger partial charge on any atom is -0.467 e. The van der Waals surface area contributed by atoms with Crippen LogP contribution in [0.1, 0.15) is 24.4 Å². The van der Waals surface area contributed by atoms with Crippen molar-refractivity contribution in [1.29, 1.82) is 0 Å². The van der Waals surface area contributed by atoms with Crippen LogP contribution in [0.15, 0.2) is 0 Å². The van der Waals surface area contributed by atoms with Gasteiger partial charge in [0, 0.05) is 0 Å². The van der Waals surface area contributed by atoms with Crippen molar-refractivity contribution in [2.45, 2.75) is 26.8 Å². The Morgan fingerprint density at radius 3 is 2.50 bits per heavy atom. The monoisotopic (exact) mass is 216 g/mol. The molecular formula is C9H13ClN2O2. The van der Waals surface area contributed by atoms with Gasteiger partial charge in [0.05, 0.1) is 23.5 Å². The lowest BCUT2D eigenvalue weighted by molar-refractivity contribution is -0.144. The van der Waals surface area contributed by atoms with E-state index in [0.717, 1.165) is 11.4 Å². The molecule has 1 heterocycles. The van der Waals surface area contributed by atoms with Gasteiger partial charge in [-0.05, 0) is 20.8 Å². The number of ether oxygens (including phenoxy) is 1. The molecule has 5 heteroatoms. The Kier molecular flexibility index (Phi) is 3.16. The minimum absolute atomic E-state index is 0.327. The van der Waals surface area contributed by atoms with Crippen LogP contribution in [0, 0.1) is 13.8 Å². The third kappa shape index (κ3) is 1.75. The summed E-state index contributed by atoms with van der Waals surface area (Å²) >= 11 is 5.95. The highest BCUT2D eigenvalue weighted by atomic mass is 35.5. The third-order valence-electron chi connectivity index (χ3n) is 2.15. The Morgan fingerprint density at radius 1 is 1.57 bits per heavy atom. The van der Waals surface area contributed by atoms with Gasteiger partial charge in [-0.2, -0.15) is 5.10 Å². The average Bonchev–Trinajstić information content (AvgIpc) is 2.43. The molecule has 0 unspecified atom stereocenters. The second kappa shape index (κ2) is 4.00. The van der Waals surface area contributed by atoms with Gasteiger partial charge in [0.2, 0.25) is 0 Å². The second-order valence-electron chi connectivity index (χ2n) is 3.13. The van der Waals surface area contributed by atoms with E-state index in [9.17, 15) is 4.79 Å². The zero-order valence-corrected chi connectivity index (χ0v) is 9.42. The summed E-state index contributed by atoms with van der Waals surface area (Å²) in [5.74, 6) is -0.327. The summed E-state index contributed by atoms with van der Waals surface area (Å²) in [6.07, 6.45) is 0. The SMILES string of the molecule is COC(=O)[C@H](C)n1nc(C)c(Cl)c1C. The zero-order chi connectivity index (χ0) is 10.9. The molecule has 0 aliphatic carbocycles. The van der Waals surface area contributed by atoms with Crippen molar-refractivity contribution in [3.63, 3.8) is 0 Å². The lowest BCUT2D eigenvalue weighted by atomic mass is 10.3. The summed E-state index contributed by atoms with van der Waals surface area (Å²) in [6.45, 7) is 5.35. The number of aromatic nitrogens is 2. The molecule has 0 saturated heterocycles. The molecule has 0 fully saturated rings. The van der Waals surface area contributed by atoms with Crippen molar-refractivity contribution >= 4 is 17.6 Å². The number of halogens is 1. The Hall–Kier alpha value is -1.03. The first-order chi connectivity index (χ1) is 6.49. The highest BCUT2D eigenvalue weighted by Gasteiger charge is 2.20. The van der Waals surface area contributed by atoms with Crippen LogP contribution in [0.25, 0.3) is 0 Å². The van der Waals surface area contributed by atoms with Crippen LogP contribution < -0.4 is 0 Å². The first-order valence-corrected chi connectivity index (χ1v) is 4.65. The van der Waals surface area contributed by atoms with Gasteiger partial charge >= 0.3 is 5.97 Å². The first kappa shape index (κ1) is 11.0. The van der Waals surface area contributed by atoms with Crippen LogP contribution in [0.3, 0.4) is 0 Å². The molecule has 14 heavy (non-hydrogen) atoms. The van der Waals surface area contributed by atoms with Gasteiger partial charge in [-0.25, -0.2) is 4.79 Å². The summed E-state index contributed by atoms with van der Waals surface area (Å²) in [6, 6.07) is -0.439. The molecule has 78 valence electrons. The molecule has 1 aromatic rings. The maximum absolute atomic E-state index is 11.3. The molecule has 1 atom stereocenters. The van der Waals surface area contributed by atoms with Gasteiger partial charge in [0.15, 0.2) is 0 Å². The lowest BCUT2D eigenvalue weighted by Crippen LogP contribution is -2.19. The van der Waals surface area contributed by atoms with E-state index in [0.29, 0.717) is 5.02 Å². The highest BCUT2D eigenvalue weighted by Crippen LogP contribution is 2.22. The Labute approximate surface area is 87.8 Å². The van der Waals surface area contributed by atoms with E-state index in [1.807, 2.05) is 6.92 Å². The predicted octanol–water partition coefficient (Wildman–Crippen LogP) is 1.89. The molecule has 0 bridgehead atoms. The van der Waals surface area contributed by atoms with Gasteiger partial charge < -0.3 is 4.74 Å². The molecule has 0 aliphatic rings. The van der Waals surface area contributed by atoms with E-state index in [1.54, 1.807) is 18.5 Å². The van der Waals surface area contributed by atoms with Gasteiger partial charge in [-0.1, -0.05) is 11.6 Å². The summed E-state index contributed by atoms with van der Waals surface area (Å²) < 4.78 is 6.20. The number of carbonyl (C=O) groups excluding carboxylic acids is 1. The summed E-state index contributed by atoms with van der Waals surface area (Å²) in [4.78, 5) is 11.3. The Morgan fingerprint density at radius 2 is 2.14 bits per heavy atom.